The zero-order valence-corrected chi connectivity index (χ0v) is 22.9. The molecule has 0 aliphatic carbocycles. The van der Waals surface area contributed by atoms with E-state index in [2.05, 4.69) is 105 Å². The molecule has 0 radical (unpaired) electrons. The summed E-state index contributed by atoms with van der Waals surface area (Å²) in [5.74, 6) is 1.81. The third kappa shape index (κ3) is 6.47. The van der Waals surface area contributed by atoms with Crippen molar-refractivity contribution in [2.24, 2.45) is 0 Å². The van der Waals surface area contributed by atoms with Crippen LogP contribution in [-0.4, -0.2) is 35.4 Å². The summed E-state index contributed by atoms with van der Waals surface area (Å²) in [7, 11) is 0. The number of benzene rings is 3. The van der Waals surface area contributed by atoms with E-state index in [1.807, 2.05) is 18.8 Å². The van der Waals surface area contributed by atoms with Gasteiger partial charge in [0.2, 0.25) is 0 Å². The summed E-state index contributed by atoms with van der Waals surface area (Å²) in [5, 5.41) is 3.82. The molecule has 1 heterocycles. The van der Waals surface area contributed by atoms with E-state index >= 15 is 0 Å². The molecule has 34 heavy (non-hydrogen) atoms. The summed E-state index contributed by atoms with van der Waals surface area (Å²) < 4.78 is 0. The average molecular weight is 558 g/mol. The molecule has 0 fully saturated rings. The number of alkyl halides is 1. The maximum absolute atomic E-state index is 6.59. The van der Waals surface area contributed by atoms with Crippen LogP contribution in [-0.2, 0) is 12.8 Å². The molecule has 0 amide bonds. The zero-order chi connectivity index (χ0) is 24.5. The molecule has 3 aromatic carbocycles. The fourth-order valence-corrected chi connectivity index (χ4v) is 4.66. The van der Waals surface area contributed by atoms with Crippen molar-refractivity contribution >= 4 is 62.1 Å². The van der Waals surface area contributed by atoms with E-state index in [1.54, 1.807) is 0 Å². The molecule has 0 atom stereocenters. The number of hydrogen-bond acceptors (Lipinski definition) is 2. The van der Waals surface area contributed by atoms with Gasteiger partial charge in [0.1, 0.15) is 10.3 Å². The molecular weight excluding hydrogens is 527 g/mol. The first kappa shape index (κ1) is 26.4. The molecule has 2 nitrogen and oxygen atoms in total. The lowest BCUT2D eigenvalue weighted by Crippen LogP contribution is -2.29. The Kier molecular flexibility index (Phi) is 10.1. The van der Waals surface area contributed by atoms with Gasteiger partial charge in [-0.2, -0.15) is 0 Å². The Balaban J connectivity index is 0.00000158. The minimum atomic E-state index is 0.640. The first-order chi connectivity index (χ1) is 16.6. The van der Waals surface area contributed by atoms with Crippen molar-refractivity contribution in [3.63, 3.8) is 0 Å². The lowest BCUT2D eigenvalue weighted by Gasteiger charge is -2.22. The largest absolute Gasteiger partial charge is 0.342 e. The molecule has 1 aliphatic rings. The van der Waals surface area contributed by atoms with Crippen LogP contribution >= 0.6 is 39.1 Å². The predicted molar refractivity (Wildman–Crippen MR) is 154 cm³/mol. The molecule has 0 saturated heterocycles. The molecule has 0 spiro atoms. The van der Waals surface area contributed by atoms with Crippen LogP contribution in [0.5, 0.6) is 0 Å². The molecule has 0 N–H and O–H groups in total. The standard InChI is InChI=1S/C28H28Cl2N2.CH3Br/c1-3-7-25-18-21(10-12-23(25)4-2)14-16-31-20-32(28(30)27(31)29)17-15-22-11-13-24-8-5-6-9-26(24)19-22;1-2/h3-13,18-19H,2,14-17,20H2,1H3;1H3/b7-3-;. The highest BCUT2D eigenvalue weighted by Gasteiger charge is 2.26. The van der Waals surface area contributed by atoms with Crippen molar-refractivity contribution in [3.05, 3.63) is 106 Å². The molecule has 178 valence electrons. The second kappa shape index (κ2) is 13.0. The van der Waals surface area contributed by atoms with Gasteiger partial charge in [0, 0.05) is 13.1 Å². The highest BCUT2D eigenvalue weighted by Crippen LogP contribution is 2.30. The number of fused-ring (bicyclic) bond motifs is 1. The Morgan fingerprint density at radius 3 is 2.03 bits per heavy atom. The molecule has 4 rings (SSSR count). The van der Waals surface area contributed by atoms with E-state index in [-0.39, 0.29) is 0 Å². The molecular formula is C29H31BrCl2N2. The summed E-state index contributed by atoms with van der Waals surface area (Å²) in [6.07, 6.45) is 7.90. The number of halogens is 3. The molecule has 1 aliphatic heterocycles. The van der Waals surface area contributed by atoms with Crippen LogP contribution in [0.1, 0.15) is 29.2 Å². The second-order valence-electron chi connectivity index (χ2n) is 8.10. The summed E-state index contributed by atoms with van der Waals surface area (Å²) in [4.78, 5) is 4.31. The summed E-state index contributed by atoms with van der Waals surface area (Å²) in [6, 6.07) is 21.6. The van der Waals surface area contributed by atoms with Crippen LogP contribution in [0.2, 0.25) is 0 Å². The van der Waals surface area contributed by atoms with Crippen LogP contribution < -0.4 is 0 Å². The Hall–Kier alpha value is -2.20. The van der Waals surface area contributed by atoms with Crippen molar-refractivity contribution in [1.29, 1.82) is 0 Å². The quantitative estimate of drug-likeness (QED) is 0.202. The molecule has 0 saturated carbocycles. The Morgan fingerprint density at radius 2 is 1.41 bits per heavy atom. The summed E-state index contributed by atoms with van der Waals surface area (Å²) >= 11 is 16.1. The van der Waals surface area contributed by atoms with Gasteiger partial charge in [-0.25, -0.2) is 0 Å². The van der Waals surface area contributed by atoms with E-state index in [0.717, 1.165) is 38.2 Å². The lowest BCUT2D eigenvalue weighted by atomic mass is 10.0. The van der Waals surface area contributed by atoms with Crippen molar-refractivity contribution in [2.75, 3.05) is 25.6 Å². The normalized spacial score (nSPS) is 13.6. The molecule has 0 aromatic heterocycles. The van der Waals surface area contributed by atoms with Gasteiger partial charge in [-0.1, -0.05) is 125 Å². The van der Waals surface area contributed by atoms with E-state index in [4.69, 9.17) is 23.2 Å². The summed E-state index contributed by atoms with van der Waals surface area (Å²) in [6.45, 7) is 8.32. The van der Waals surface area contributed by atoms with Gasteiger partial charge in [-0.15, -0.1) is 0 Å². The number of allylic oxidation sites excluding steroid dienone is 1. The van der Waals surface area contributed by atoms with Crippen molar-refractivity contribution < 1.29 is 0 Å². The Morgan fingerprint density at radius 1 is 0.824 bits per heavy atom. The van der Waals surface area contributed by atoms with E-state index in [0.29, 0.717) is 10.3 Å². The van der Waals surface area contributed by atoms with Crippen LogP contribution in [0, 0.1) is 0 Å². The number of hydrogen-bond donors (Lipinski definition) is 0. The predicted octanol–water partition coefficient (Wildman–Crippen LogP) is 8.49. The second-order valence-corrected chi connectivity index (χ2v) is 8.81. The fourth-order valence-electron chi connectivity index (χ4n) is 4.14. The van der Waals surface area contributed by atoms with Crippen molar-refractivity contribution in [3.8, 4) is 0 Å². The maximum atomic E-state index is 6.59. The molecule has 5 heteroatoms. The van der Waals surface area contributed by atoms with Gasteiger partial charge in [-0.05, 0) is 58.6 Å². The first-order valence-corrected chi connectivity index (χ1v) is 13.7. The lowest BCUT2D eigenvalue weighted by molar-refractivity contribution is 0.262. The minimum Gasteiger partial charge on any atom is -0.342 e. The minimum absolute atomic E-state index is 0.640. The van der Waals surface area contributed by atoms with Crippen LogP contribution in [0.3, 0.4) is 0 Å². The van der Waals surface area contributed by atoms with Crippen molar-refractivity contribution in [1.82, 2.24) is 9.80 Å². The first-order valence-electron chi connectivity index (χ1n) is 11.4. The van der Waals surface area contributed by atoms with E-state index < -0.39 is 0 Å². The average Bonchev–Trinajstić information content (AvgIpc) is 3.15. The number of rotatable bonds is 8. The van der Waals surface area contributed by atoms with Gasteiger partial charge in [0.25, 0.3) is 0 Å². The van der Waals surface area contributed by atoms with E-state index in [9.17, 15) is 0 Å². The van der Waals surface area contributed by atoms with Gasteiger partial charge in [0.05, 0.1) is 6.67 Å². The third-order valence-electron chi connectivity index (χ3n) is 5.94. The Bertz CT molecular complexity index is 1190. The molecule has 3 aromatic rings. The molecule has 0 bridgehead atoms. The third-order valence-corrected chi connectivity index (χ3v) is 6.87. The maximum Gasteiger partial charge on any atom is 0.141 e. The number of nitrogens with zero attached hydrogens (tertiary/aromatic N) is 2. The van der Waals surface area contributed by atoms with Crippen molar-refractivity contribution in [2.45, 2.75) is 19.8 Å². The van der Waals surface area contributed by atoms with Crippen LogP contribution in [0.4, 0.5) is 0 Å². The monoisotopic (exact) mass is 556 g/mol. The highest BCUT2D eigenvalue weighted by molar-refractivity contribution is 9.08. The van der Waals surface area contributed by atoms with Crippen LogP contribution in [0.15, 0.2) is 83.6 Å². The van der Waals surface area contributed by atoms with Gasteiger partial charge in [0.15, 0.2) is 0 Å². The van der Waals surface area contributed by atoms with E-state index in [1.165, 1.54) is 27.5 Å². The van der Waals surface area contributed by atoms with Gasteiger partial charge < -0.3 is 9.80 Å². The molecule has 0 unspecified atom stereocenters. The van der Waals surface area contributed by atoms with Gasteiger partial charge >= 0.3 is 0 Å². The van der Waals surface area contributed by atoms with Gasteiger partial charge in [-0.3, -0.25) is 0 Å². The highest BCUT2D eigenvalue weighted by atomic mass is 79.9. The zero-order valence-electron chi connectivity index (χ0n) is 19.8. The SMILES string of the molecule is C=Cc1ccc(CCN2CN(CCc3ccc4ccccc4c3)C(Cl)=C2Cl)cc1/C=C\C.CBr. The summed E-state index contributed by atoms with van der Waals surface area (Å²) in [5.41, 5.74) is 4.92. The smallest absolute Gasteiger partial charge is 0.141 e. The van der Waals surface area contributed by atoms with Crippen LogP contribution in [0.25, 0.3) is 22.9 Å². The Labute approximate surface area is 222 Å². The fraction of sp³-hybridized carbons (Fsp3) is 0.241. The topological polar surface area (TPSA) is 6.48 Å².